The van der Waals surface area contributed by atoms with E-state index >= 15 is 0 Å². The molecule has 0 fully saturated rings. The van der Waals surface area contributed by atoms with E-state index in [1.807, 2.05) is 19.1 Å². The molecule has 82 valence electrons. The normalized spacial score (nSPS) is 10.1. The summed E-state index contributed by atoms with van der Waals surface area (Å²) in [7, 11) is 0. The average molecular weight is 224 g/mol. The van der Waals surface area contributed by atoms with Gasteiger partial charge in [-0.1, -0.05) is 25.0 Å². The van der Waals surface area contributed by atoms with E-state index in [0.29, 0.717) is 17.1 Å². The summed E-state index contributed by atoms with van der Waals surface area (Å²) in [6.07, 6.45) is 1.92. The van der Waals surface area contributed by atoms with Crippen LogP contribution in [0.5, 0.6) is 0 Å². The lowest BCUT2D eigenvalue weighted by molar-refractivity contribution is 0.0495. The lowest BCUT2D eigenvalue weighted by Crippen LogP contribution is -2.07. The molecule has 0 spiro atoms. The van der Waals surface area contributed by atoms with Crippen molar-refractivity contribution in [1.29, 1.82) is 0 Å². The van der Waals surface area contributed by atoms with Gasteiger partial charge in [0.1, 0.15) is 0 Å². The minimum atomic E-state index is -0.280. The number of unbranched alkanes of at least 4 members (excludes halogenated alkanes) is 1. The van der Waals surface area contributed by atoms with Gasteiger partial charge in [-0.15, -0.1) is 12.6 Å². The zero-order valence-corrected chi connectivity index (χ0v) is 10.0. The Labute approximate surface area is 96.1 Å². The van der Waals surface area contributed by atoms with E-state index in [1.54, 1.807) is 6.07 Å². The Hall–Kier alpha value is -0.960. The quantitative estimate of drug-likeness (QED) is 0.483. The molecule has 1 aromatic rings. The number of esters is 1. The van der Waals surface area contributed by atoms with Crippen LogP contribution in [0.25, 0.3) is 0 Å². The van der Waals surface area contributed by atoms with Crippen LogP contribution >= 0.6 is 12.6 Å². The summed E-state index contributed by atoms with van der Waals surface area (Å²) in [5, 5.41) is 0. The second-order valence-electron chi connectivity index (χ2n) is 3.51. The van der Waals surface area contributed by atoms with Crippen molar-refractivity contribution < 1.29 is 9.53 Å². The van der Waals surface area contributed by atoms with E-state index in [2.05, 4.69) is 19.6 Å². The summed E-state index contributed by atoms with van der Waals surface area (Å²) in [5.41, 5.74) is 1.59. The second-order valence-corrected chi connectivity index (χ2v) is 3.99. The largest absolute Gasteiger partial charge is 0.462 e. The van der Waals surface area contributed by atoms with Gasteiger partial charge in [0, 0.05) is 4.90 Å². The molecule has 1 rings (SSSR count). The van der Waals surface area contributed by atoms with Crippen molar-refractivity contribution in [1.82, 2.24) is 0 Å². The van der Waals surface area contributed by atoms with Gasteiger partial charge in [-0.25, -0.2) is 4.79 Å². The molecule has 15 heavy (non-hydrogen) atoms. The van der Waals surface area contributed by atoms with E-state index in [-0.39, 0.29) is 5.97 Å². The van der Waals surface area contributed by atoms with Crippen LogP contribution < -0.4 is 0 Å². The molecule has 0 aromatic heterocycles. The first kappa shape index (κ1) is 12.1. The van der Waals surface area contributed by atoms with Crippen LogP contribution in [0.1, 0.15) is 35.7 Å². The first-order valence-electron chi connectivity index (χ1n) is 5.12. The molecule has 0 saturated heterocycles. The number of carbonyl (C=O) groups excluding carboxylic acids is 1. The molecule has 0 radical (unpaired) electrons. The fraction of sp³-hybridized carbons (Fsp3) is 0.417. The molecule has 0 amide bonds. The number of rotatable bonds is 4. The number of ether oxygens (including phenoxy) is 1. The van der Waals surface area contributed by atoms with Gasteiger partial charge in [0.05, 0.1) is 12.2 Å². The van der Waals surface area contributed by atoms with Gasteiger partial charge >= 0.3 is 5.97 Å². The van der Waals surface area contributed by atoms with Crippen LogP contribution in [0.2, 0.25) is 0 Å². The molecule has 2 nitrogen and oxygen atoms in total. The van der Waals surface area contributed by atoms with Crippen molar-refractivity contribution in [3.8, 4) is 0 Å². The average Bonchev–Trinajstić information content (AvgIpc) is 2.22. The zero-order chi connectivity index (χ0) is 11.3. The molecule has 0 aliphatic heterocycles. The number of aryl methyl sites for hydroxylation is 1. The minimum absolute atomic E-state index is 0.280. The van der Waals surface area contributed by atoms with Crippen molar-refractivity contribution in [2.24, 2.45) is 0 Å². The van der Waals surface area contributed by atoms with Gasteiger partial charge in [0.2, 0.25) is 0 Å². The Kier molecular flexibility index (Phi) is 4.69. The van der Waals surface area contributed by atoms with Crippen LogP contribution in [0.4, 0.5) is 0 Å². The van der Waals surface area contributed by atoms with E-state index in [0.717, 1.165) is 18.4 Å². The third kappa shape index (κ3) is 3.59. The summed E-state index contributed by atoms with van der Waals surface area (Å²) < 4.78 is 5.12. The smallest absolute Gasteiger partial charge is 0.339 e. The molecule has 3 heteroatoms. The number of hydrogen-bond acceptors (Lipinski definition) is 3. The predicted octanol–water partition coefficient (Wildman–Crippen LogP) is 3.24. The Bertz CT molecular complexity index is 347. The predicted molar refractivity (Wildman–Crippen MR) is 63.6 cm³/mol. The molecule has 0 N–H and O–H groups in total. The van der Waals surface area contributed by atoms with E-state index < -0.39 is 0 Å². The Morgan fingerprint density at radius 1 is 1.47 bits per heavy atom. The second kappa shape index (κ2) is 5.81. The summed E-state index contributed by atoms with van der Waals surface area (Å²) in [6.45, 7) is 4.48. The summed E-state index contributed by atoms with van der Waals surface area (Å²) >= 11 is 4.23. The summed E-state index contributed by atoms with van der Waals surface area (Å²) in [4.78, 5) is 12.3. The maximum atomic E-state index is 11.6. The van der Waals surface area contributed by atoms with Gasteiger partial charge in [0.15, 0.2) is 0 Å². The molecular weight excluding hydrogens is 208 g/mol. The van der Waals surface area contributed by atoms with Crippen molar-refractivity contribution in [2.75, 3.05) is 6.61 Å². The fourth-order valence-corrected chi connectivity index (χ4v) is 1.43. The lowest BCUT2D eigenvalue weighted by atomic mass is 10.1. The van der Waals surface area contributed by atoms with Crippen molar-refractivity contribution in [3.05, 3.63) is 29.3 Å². The molecule has 0 aliphatic carbocycles. The lowest BCUT2D eigenvalue weighted by Gasteiger charge is -2.06. The molecule has 0 aliphatic rings. The highest BCUT2D eigenvalue weighted by Gasteiger charge is 2.10. The van der Waals surface area contributed by atoms with Gasteiger partial charge < -0.3 is 4.74 Å². The Morgan fingerprint density at radius 3 is 2.87 bits per heavy atom. The van der Waals surface area contributed by atoms with E-state index in [1.165, 1.54) is 0 Å². The highest BCUT2D eigenvalue weighted by atomic mass is 32.1. The summed E-state index contributed by atoms with van der Waals surface area (Å²) in [5.74, 6) is -0.280. The highest BCUT2D eigenvalue weighted by Crippen LogP contribution is 2.16. The minimum Gasteiger partial charge on any atom is -0.462 e. The number of carbonyl (C=O) groups is 1. The van der Waals surface area contributed by atoms with E-state index in [9.17, 15) is 4.79 Å². The maximum Gasteiger partial charge on any atom is 0.339 e. The molecule has 0 heterocycles. The van der Waals surface area contributed by atoms with Crippen LogP contribution in [0.15, 0.2) is 23.1 Å². The molecule has 0 unspecified atom stereocenters. The molecule has 1 aromatic carbocycles. The fourth-order valence-electron chi connectivity index (χ4n) is 1.20. The van der Waals surface area contributed by atoms with Crippen molar-refractivity contribution in [2.45, 2.75) is 31.6 Å². The first-order valence-corrected chi connectivity index (χ1v) is 5.56. The Morgan fingerprint density at radius 2 is 2.20 bits per heavy atom. The summed E-state index contributed by atoms with van der Waals surface area (Å²) in [6, 6.07) is 5.54. The van der Waals surface area contributed by atoms with Crippen molar-refractivity contribution in [3.63, 3.8) is 0 Å². The molecular formula is C12H16O2S. The topological polar surface area (TPSA) is 26.3 Å². The van der Waals surface area contributed by atoms with Crippen LogP contribution in [0, 0.1) is 6.92 Å². The maximum absolute atomic E-state index is 11.6. The molecule has 0 bridgehead atoms. The number of benzene rings is 1. The van der Waals surface area contributed by atoms with Crippen LogP contribution in [-0.4, -0.2) is 12.6 Å². The third-order valence-electron chi connectivity index (χ3n) is 2.10. The number of thiol groups is 1. The van der Waals surface area contributed by atoms with Gasteiger partial charge in [-0.2, -0.15) is 0 Å². The third-order valence-corrected chi connectivity index (χ3v) is 2.49. The standard InChI is InChI=1S/C12H16O2S/c1-3-4-7-14-12(13)10-8-9(2)5-6-11(10)15/h5-6,8,15H,3-4,7H2,1-2H3. The molecule has 0 atom stereocenters. The highest BCUT2D eigenvalue weighted by molar-refractivity contribution is 7.80. The van der Waals surface area contributed by atoms with Gasteiger partial charge in [0.25, 0.3) is 0 Å². The SMILES string of the molecule is CCCCOC(=O)c1cc(C)ccc1S. The van der Waals surface area contributed by atoms with Crippen molar-refractivity contribution >= 4 is 18.6 Å². The monoisotopic (exact) mass is 224 g/mol. The number of hydrogen-bond donors (Lipinski definition) is 1. The van der Waals surface area contributed by atoms with Crippen LogP contribution in [0.3, 0.4) is 0 Å². The zero-order valence-electron chi connectivity index (χ0n) is 9.12. The van der Waals surface area contributed by atoms with Crippen LogP contribution in [-0.2, 0) is 4.74 Å². The first-order chi connectivity index (χ1) is 7.15. The van der Waals surface area contributed by atoms with E-state index in [4.69, 9.17) is 4.74 Å². The van der Waals surface area contributed by atoms with Gasteiger partial charge in [-0.3, -0.25) is 0 Å². The Balaban J connectivity index is 2.68. The molecule has 0 saturated carbocycles. The van der Waals surface area contributed by atoms with Gasteiger partial charge in [-0.05, 0) is 25.5 Å².